The summed E-state index contributed by atoms with van der Waals surface area (Å²) in [6.07, 6.45) is 0.756. The number of carbonyl (C=O) groups is 2. The summed E-state index contributed by atoms with van der Waals surface area (Å²) in [7, 11) is 0. The molecule has 0 saturated carbocycles. The van der Waals surface area contributed by atoms with Crippen LogP contribution in [0.15, 0.2) is 18.2 Å². The third-order valence-electron chi connectivity index (χ3n) is 2.76. The zero-order valence-corrected chi connectivity index (χ0v) is 12.3. The molecule has 0 aliphatic rings. The van der Waals surface area contributed by atoms with Crippen molar-refractivity contribution >= 4 is 29.1 Å². The van der Waals surface area contributed by atoms with Crippen LogP contribution in [-0.2, 0) is 9.59 Å². The molecule has 0 radical (unpaired) electrons. The van der Waals surface area contributed by atoms with Crippen LogP contribution in [0, 0.1) is 6.92 Å². The first-order valence-electron chi connectivity index (χ1n) is 6.47. The highest BCUT2D eigenvalue weighted by molar-refractivity contribution is 6.39. The topological polar surface area (TPSA) is 78.4 Å². The first kappa shape index (κ1) is 16.5. The van der Waals surface area contributed by atoms with Gasteiger partial charge in [-0.1, -0.05) is 31.0 Å². The molecule has 1 aromatic carbocycles. The number of anilines is 1. The van der Waals surface area contributed by atoms with Crippen LogP contribution in [0.25, 0.3) is 0 Å². The van der Waals surface area contributed by atoms with Gasteiger partial charge in [0.15, 0.2) is 0 Å². The van der Waals surface area contributed by atoms with E-state index in [9.17, 15) is 14.7 Å². The van der Waals surface area contributed by atoms with Crippen LogP contribution >= 0.6 is 11.6 Å². The molecule has 0 heterocycles. The number of rotatable bonds is 5. The lowest BCUT2D eigenvalue weighted by atomic mass is 10.2. The maximum absolute atomic E-state index is 11.6. The number of benzene rings is 1. The maximum Gasteiger partial charge on any atom is 0.313 e. The lowest BCUT2D eigenvalue weighted by Crippen LogP contribution is -2.39. The third-order valence-corrected chi connectivity index (χ3v) is 3.16. The number of aliphatic hydroxyl groups is 1. The van der Waals surface area contributed by atoms with Crippen LogP contribution in [-0.4, -0.2) is 29.6 Å². The highest BCUT2D eigenvalue weighted by atomic mass is 35.5. The Hall–Kier alpha value is -1.59. The van der Waals surface area contributed by atoms with Gasteiger partial charge >= 0.3 is 11.8 Å². The standard InChI is InChI=1S/C14H19ClN2O3/c1-3-4-11(18)8-16-13(19)14(20)17-10-6-5-9(2)12(15)7-10/h5-7,11,18H,3-4,8H2,1-2H3,(H,16,19)(H,17,20). The van der Waals surface area contributed by atoms with Crippen molar-refractivity contribution in [1.29, 1.82) is 0 Å². The Kier molecular flexibility index (Phi) is 6.48. The first-order chi connectivity index (χ1) is 9.43. The molecule has 6 heteroatoms. The first-order valence-corrected chi connectivity index (χ1v) is 6.85. The third kappa shape index (κ3) is 5.19. The second-order valence-corrected chi connectivity index (χ2v) is 4.98. The van der Waals surface area contributed by atoms with Gasteiger partial charge in [-0.3, -0.25) is 9.59 Å². The van der Waals surface area contributed by atoms with Crippen LogP contribution in [0.1, 0.15) is 25.3 Å². The van der Waals surface area contributed by atoms with Crippen molar-refractivity contribution in [2.75, 3.05) is 11.9 Å². The van der Waals surface area contributed by atoms with Crippen LogP contribution in [0.3, 0.4) is 0 Å². The molecule has 1 aromatic rings. The number of carbonyl (C=O) groups excluding carboxylic acids is 2. The second-order valence-electron chi connectivity index (χ2n) is 4.57. The Labute approximate surface area is 123 Å². The fourth-order valence-electron chi connectivity index (χ4n) is 1.58. The van der Waals surface area contributed by atoms with Crippen LogP contribution in [0.4, 0.5) is 5.69 Å². The van der Waals surface area contributed by atoms with E-state index in [1.54, 1.807) is 18.2 Å². The Morgan fingerprint density at radius 3 is 2.65 bits per heavy atom. The van der Waals surface area contributed by atoms with Crippen molar-refractivity contribution in [3.05, 3.63) is 28.8 Å². The molecule has 0 aliphatic heterocycles. The molecule has 2 amide bonds. The number of amides is 2. The van der Waals surface area contributed by atoms with Crippen molar-refractivity contribution < 1.29 is 14.7 Å². The predicted molar refractivity (Wildman–Crippen MR) is 78.7 cm³/mol. The van der Waals surface area contributed by atoms with Gasteiger partial charge in [0, 0.05) is 17.3 Å². The molecule has 1 rings (SSSR count). The van der Waals surface area contributed by atoms with Crippen LogP contribution in [0.5, 0.6) is 0 Å². The molecule has 0 bridgehead atoms. The molecule has 3 N–H and O–H groups in total. The molecule has 110 valence electrons. The van der Waals surface area contributed by atoms with Crippen LogP contribution < -0.4 is 10.6 Å². The molecule has 5 nitrogen and oxygen atoms in total. The molecular weight excluding hydrogens is 280 g/mol. The van der Waals surface area contributed by atoms with Crippen molar-refractivity contribution in [2.24, 2.45) is 0 Å². The Morgan fingerprint density at radius 1 is 1.35 bits per heavy atom. The van der Waals surface area contributed by atoms with Gasteiger partial charge in [0.05, 0.1) is 6.10 Å². The summed E-state index contributed by atoms with van der Waals surface area (Å²) in [6, 6.07) is 4.99. The minimum Gasteiger partial charge on any atom is -0.391 e. The van der Waals surface area contributed by atoms with E-state index in [-0.39, 0.29) is 6.54 Å². The van der Waals surface area contributed by atoms with Crippen molar-refractivity contribution in [2.45, 2.75) is 32.8 Å². The van der Waals surface area contributed by atoms with Gasteiger partial charge in [0.25, 0.3) is 0 Å². The highest BCUT2D eigenvalue weighted by Crippen LogP contribution is 2.19. The van der Waals surface area contributed by atoms with Gasteiger partial charge < -0.3 is 15.7 Å². The SMILES string of the molecule is CCCC(O)CNC(=O)C(=O)Nc1ccc(C)c(Cl)c1. The maximum atomic E-state index is 11.6. The minimum absolute atomic E-state index is 0.0642. The zero-order valence-electron chi connectivity index (χ0n) is 11.6. The molecule has 0 aliphatic carbocycles. The highest BCUT2D eigenvalue weighted by Gasteiger charge is 2.15. The molecular formula is C14H19ClN2O3. The average Bonchev–Trinajstić information content (AvgIpc) is 2.40. The van der Waals surface area contributed by atoms with E-state index in [0.29, 0.717) is 17.1 Å². The van der Waals surface area contributed by atoms with E-state index in [4.69, 9.17) is 11.6 Å². The van der Waals surface area contributed by atoms with Gasteiger partial charge in [0.1, 0.15) is 0 Å². The average molecular weight is 299 g/mol. The minimum atomic E-state index is -0.784. The van der Waals surface area contributed by atoms with Gasteiger partial charge in [-0.2, -0.15) is 0 Å². The summed E-state index contributed by atoms with van der Waals surface area (Å²) in [4.78, 5) is 23.2. The normalized spacial score (nSPS) is 11.8. The monoisotopic (exact) mass is 298 g/mol. The van der Waals surface area contributed by atoms with E-state index >= 15 is 0 Å². The molecule has 1 atom stereocenters. The fourth-order valence-corrected chi connectivity index (χ4v) is 1.77. The largest absolute Gasteiger partial charge is 0.391 e. The summed E-state index contributed by atoms with van der Waals surface area (Å²) < 4.78 is 0. The zero-order chi connectivity index (χ0) is 15.1. The molecule has 0 aromatic heterocycles. The number of hydrogen-bond acceptors (Lipinski definition) is 3. The summed E-state index contributed by atoms with van der Waals surface area (Å²) in [6.45, 7) is 3.84. The molecule has 0 saturated heterocycles. The van der Waals surface area contributed by atoms with Gasteiger partial charge in [-0.25, -0.2) is 0 Å². The number of nitrogens with one attached hydrogen (secondary N) is 2. The molecule has 0 fully saturated rings. The number of halogens is 1. The number of aryl methyl sites for hydroxylation is 1. The molecule has 0 spiro atoms. The van der Waals surface area contributed by atoms with E-state index in [2.05, 4.69) is 10.6 Å². The van der Waals surface area contributed by atoms with Crippen molar-refractivity contribution in [1.82, 2.24) is 5.32 Å². The van der Waals surface area contributed by atoms with E-state index in [0.717, 1.165) is 12.0 Å². The summed E-state index contributed by atoms with van der Waals surface area (Å²) in [5, 5.41) is 14.8. The second kappa shape index (κ2) is 7.87. The number of hydrogen-bond donors (Lipinski definition) is 3. The Balaban J connectivity index is 2.49. The van der Waals surface area contributed by atoms with Gasteiger partial charge in [0.2, 0.25) is 0 Å². The molecule has 20 heavy (non-hydrogen) atoms. The molecule has 1 unspecified atom stereocenters. The van der Waals surface area contributed by atoms with Crippen molar-refractivity contribution in [3.8, 4) is 0 Å². The lowest BCUT2D eigenvalue weighted by molar-refractivity contribution is -0.136. The Morgan fingerprint density at radius 2 is 2.05 bits per heavy atom. The predicted octanol–water partition coefficient (Wildman–Crippen LogP) is 1.86. The fraction of sp³-hybridized carbons (Fsp3) is 0.429. The van der Waals surface area contributed by atoms with Crippen LogP contribution in [0.2, 0.25) is 5.02 Å². The number of aliphatic hydroxyl groups excluding tert-OH is 1. The van der Waals surface area contributed by atoms with Gasteiger partial charge in [-0.05, 0) is 31.0 Å². The van der Waals surface area contributed by atoms with E-state index in [1.165, 1.54) is 0 Å². The summed E-state index contributed by atoms with van der Waals surface area (Å²) in [5.41, 5.74) is 1.34. The van der Waals surface area contributed by atoms with E-state index in [1.807, 2.05) is 13.8 Å². The lowest BCUT2D eigenvalue weighted by Gasteiger charge is -2.11. The van der Waals surface area contributed by atoms with Gasteiger partial charge in [-0.15, -0.1) is 0 Å². The summed E-state index contributed by atoms with van der Waals surface area (Å²) in [5.74, 6) is -1.56. The quantitative estimate of drug-likeness (QED) is 0.726. The summed E-state index contributed by atoms with van der Waals surface area (Å²) >= 11 is 5.93. The van der Waals surface area contributed by atoms with Crippen molar-refractivity contribution in [3.63, 3.8) is 0 Å². The Bertz CT molecular complexity index is 491. The smallest absolute Gasteiger partial charge is 0.313 e. The van der Waals surface area contributed by atoms with E-state index < -0.39 is 17.9 Å².